The monoisotopic (exact) mass is 388 g/mol. The zero-order valence-corrected chi connectivity index (χ0v) is 16.9. The van der Waals surface area contributed by atoms with E-state index >= 15 is 0 Å². The molecule has 3 aromatic rings. The van der Waals surface area contributed by atoms with Crippen LogP contribution < -0.4 is 0 Å². The van der Waals surface area contributed by atoms with Crippen molar-refractivity contribution in [1.82, 2.24) is 0 Å². The smallest absolute Gasteiger partial charge is 0.133 e. The molecule has 2 heterocycles. The second-order valence-electron chi connectivity index (χ2n) is 9.24. The number of rotatable bonds is 2. The fraction of sp³-hybridized carbons (Fsp3) is 0.241. The molecule has 0 aromatic heterocycles. The van der Waals surface area contributed by atoms with E-state index in [0.717, 1.165) is 6.42 Å². The summed E-state index contributed by atoms with van der Waals surface area (Å²) >= 11 is 0. The van der Waals surface area contributed by atoms with Crippen molar-refractivity contribution in [1.29, 1.82) is 0 Å². The largest absolute Gasteiger partial charge is 0.348 e. The van der Waals surface area contributed by atoms with Crippen LogP contribution in [0.5, 0.6) is 0 Å². The number of fused-ring (bicyclic) bond motifs is 6. The SMILES string of the molecule is C1=CC23C=CC1CC[C@H]2[C@]1(c2ccccc2)O[C@@]3(c2ccccc2)c2ccccc21. The first-order valence-corrected chi connectivity index (χ1v) is 11.1. The van der Waals surface area contributed by atoms with Gasteiger partial charge in [-0.15, -0.1) is 0 Å². The minimum absolute atomic E-state index is 0.175. The summed E-state index contributed by atoms with van der Waals surface area (Å²) in [5.74, 6) is 0.909. The van der Waals surface area contributed by atoms with Crippen molar-refractivity contribution in [3.05, 3.63) is 131 Å². The zero-order valence-electron chi connectivity index (χ0n) is 16.9. The minimum Gasteiger partial charge on any atom is -0.348 e. The summed E-state index contributed by atoms with van der Waals surface area (Å²) in [4.78, 5) is 0. The zero-order chi connectivity index (χ0) is 19.8. The highest BCUT2D eigenvalue weighted by molar-refractivity contribution is 5.62. The third kappa shape index (κ3) is 1.72. The van der Waals surface area contributed by atoms with Crippen molar-refractivity contribution in [3.63, 3.8) is 0 Å². The molecule has 8 rings (SSSR count). The summed E-state index contributed by atoms with van der Waals surface area (Å²) < 4.78 is 7.51. The first-order valence-electron chi connectivity index (χ1n) is 11.1. The van der Waals surface area contributed by atoms with Gasteiger partial charge < -0.3 is 4.74 Å². The van der Waals surface area contributed by atoms with E-state index in [-0.39, 0.29) is 5.41 Å². The van der Waals surface area contributed by atoms with E-state index in [9.17, 15) is 0 Å². The second-order valence-corrected chi connectivity index (χ2v) is 9.24. The molecule has 0 N–H and O–H groups in total. The Morgan fingerprint density at radius 1 is 0.633 bits per heavy atom. The summed E-state index contributed by atoms with van der Waals surface area (Å²) in [5, 5.41) is 0. The predicted octanol–water partition coefficient (Wildman–Crippen LogP) is 6.36. The third-order valence-corrected chi connectivity index (χ3v) is 8.11. The summed E-state index contributed by atoms with van der Waals surface area (Å²) in [6.07, 6.45) is 12.2. The Morgan fingerprint density at radius 2 is 1.23 bits per heavy atom. The fourth-order valence-corrected chi connectivity index (χ4v) is 7.01. The van der Waals surface area contributed by atoms with E-state index in [4.69, 9.17) is 4.74 Å². The van der Waals surface area contributed by atoms with Gasteiger partial charge in [-0.05, 0) is 41.0 Å². The quantitative estimate of drug-likeness (QED) is 0.464. The van der Waals surface area contributed by atoms with Crippen molar-refractivity contribution >= 4 is 0 Å². The molecule has 146 valence electrons. The van der Waals surface area contributed by atoms with Gasteiger partial charge in [-0.3, -0.25) is 0 Å². The van der Waals surface area contributed by atoms with Crippen molar-refractivity contribution in [2.24, 2.45) is 17.3 Å². The summed E-state index contributed by atoms with van der Waals surface area (Å²) in [5.41, 5.74) is 4.10. The molecule has 3 aromatic carbocycles. The molecule has 1 saturated heterocycles. The molecule has 0 saturated carbocycles. The van der Waals surface area contributed by atoms with E-state index in [2.05, 4.69) is 109 Å². The maximum atomic E-state index is 7.51. The van der Waals surface area contributed by atoms with Gasteiger partial charge in [0.15, 0.2) is 0 Å². The Bertz CT molecular complexity index is 1180. The molecule has 5 aliphatic rings. The van der Waals surface area contributed by atoms with E-state index in [1.807, 2.05) is 0 Å². The maximum absolute atomic E-state index is 7.51. The molecule has 0 unspecified atom stereocenters. The van der Waals surface area contributed by atoms with Gasteiger partial charge in [0.2, 0.25) is 0 Å². The van der Waals surface area contributed by atoms with Crippen LogP contribution in [0, 0.1) is 17.3 Å². The van der Waals surface area contributed by atoms with Crippen LogP contribution in [0.1, 0.15) is 35.1 Å². The van der Waals surface area contributed by atoms with Crippen molar-refractivity contribution in [2.75, 3.05) is 0 Å². The van der Waals surface area contributed by atoms with Crippen LogP contribution >= 0.6 is 0 Å². The molecule has 0 amide bonds. The lowest BCUT2D eigenvalue weighted by Crippen LogP contribution is -2.48. The van der Waals surface area contributed by atoms with E-state index in [1.54, 1.807) is 0 Å². The van der Waals surface area contributed by atoms with Crippen LogP contribution in [0.15, 0.2) is 109 Å². The van der Waals surface area contributed by atoms with Gasteiger partial charge in [0.05, 0.1) is 5.41 Å². The van der Waals surface area contributed by atoms with Crippen molar-refractivity contribution in [3.8, 4) is 0 Å². The Hall–Kier alpha value is -2.90. The summed E-state index contributed by atoms with van der Waals surface area (Å²) in [6.45, 7) is 0. The van der Waals surface area contributed by atoms with Gasteiger partial charge >= 0.3 is 0 Å². The van der Waals surface area contributed by atoms with Gasteiger partial charge in [-0.1, -0.05) is 109 Å². The maximum Gasteiger partial charge on any atom is 0.133 e. The van der Waals surface area contributed by atoms with Gasteiger partial charge in [0, 0.05) is 5.92 Å². The van der Waals surface area contributed by atoms with Gasteiger partial charge in [-0.2, -0.15) is 0 Å². The Morgan fingerprint density at radius 3 is 1.93 bits per heavy atom. The summed E-state index contributed by atoms with van der Waals surface area (Å²) in [6, 6.07) is 30.8. The average molecular weight is 389 g/mol. The highest BCUT2D eigenvalue weighted by atomic mass is 16.5. The summed E-state index contributed by atoms with van der Waals surface area (Å²) in [7, 11) is 0. The molecule has 1 heteroatoms. The van der Waals surface area contributed by atoms with Gasteiger partial charge in [0.1, 0.15) is 11.2 Å². The van der Waals surface area contributed by atoms with Gasteiger partial charge in [-0.25, -0.2) is 0 Å². The molecule has 0 radical (unpaired) electrons. The molecule has 30 heavy (non-hydrogen) atoms. The molecule has 2 aliphatic heterocycles. The number of hydrogen-bond acceptors (Lipinski definition) is 1. The minimum atomic E-state index is -0.506. The number of allylic oxidation sites excluding steroid dienone is 2. The molecule has 1 nitrogen and oxygen atoms in total. The fourth-order valence-electron chi connectivity index (χ4n) is 7.01. The standard InChI is InChI=1S/C29H24O/c1-3-9-22(10-4-1)28-24-13-7-8-14-25(24)29(30-28,23-11-5-2-6-12-23)27-19-17-21(18-20-27)15-16-26(27)28/h1-14,17-21,26H,15-16H2/t21?,26-,27?,28-,29+/m1/s1. The Balaban J connectivity index is 1.65. The van der Waals surface area contributed by atoms with Crippen LogP contribution in [0.2, 0.25) is 0 Å². The molecule has 1 spiro atoms. The topological polar surface area (TPSA) is 9.23 Å². The Labute approximate surface area is 177 Å². The normalized spacial score (nSPS) is 37.1. The lowest BCUT2D eigenvalue weighted by Gasteiger charge is -2.47. The van der Waals surface area contributed by atoms with Crippen LogP contribution in [0.4, 0.5) is 0 Å². The first-order chi connectivity index (χ1) is 14.8. The highest BCUT2D eigenvalue weighted by Gasteiger charge is 2.76. The molecular weight excluding hydrogens is 364 g/mol. The first kappa shape index (κ1) is 16.8. The van der Waals surface area contributed by atoms with Crippen LogP contribution in [-0.4, -0.2) is 0 Å². The Kier molecular flexibility index (Phi) is 3.16. The lowest BCUT2D eigenvalue weighted by molar-refractivity contribution is -0.0618. The van der Waals surface area contributed by atoms with E-state index in [1.165, 1.54) is 28.7 Å². The second kappa shape index (κ2) is 5.62. The van der Waals surface area contributed by atoms with Crippen molar-refractivity contribution in [2.45, 2.75) is 24.0 Å². The highest BCUT2D eigenvalue weighted by Crippen LogP contribution is 2.76. The molecule has 3 aliphatic carbocycles. The molecule has 1 fully saturated rings. The third-order valence-electron chi connectivity index (χ3n) is 8.11. The van der Waals surface area contributed by atoms with Crippen molar-refractivity contribution < 1.29 is 4.74 Å². The number of benzene rings is 3. The van der Waals surface area contributed by atoms with E-state index < -0.39 is 11.2 Å². The van der Waals surface area contributed by atoms with Crippen LogP contribution in [-0.2, 0) is 15.9 Å². The van der Waals surface area contributed by atoms with Gasteiger partial charge in [0.25, 0.3) is 0 Å². The van der Waals surface area contributed by atoms with Crippen LogP contribution in [0.3, 0.4) is 0 Å². The number of ether oxygens (including phenoxy) is 1. The predicted molar refractivity (Wildman–Crippen MR) is 119 cm³/mol. The lowest BCUT2D eigenvalue weighted by atomic mass is 9.51. The molecular formula is C29H24O. The van der Waals surface area contributed by atoms with E-state index in [0.29, 0.717) is 11.8 Å². The molecule has 3 atom stereocenters. The van der Waals surface area contributed by atoms with Crippen LogP contribution in [0.25, 0.3) is 0 Å². The average Bonchev–Trinajstić information content (AvgIpc) is 3.07. The molecule has 4 bridgehead atoms. The number of hydrogen-bond donors (Lipinski definition) is 0.